The number of hydroxylamine groups is 2. The molecule has 0 radical (unpaired) electrons. The lowest BCUT2D eigenvalue weighted by Crippen LogP contribution is -2.32. The van der Waals surface area contributed by atoms with Gasteiger partial charge in [0.1, 0.15) is 10.8 Å². The highest BCUT2D eigenvalue weighted by atomic mass is 32.1. The van der Waals surface area contributed by atoms with Crippen LogP contribution in [-0.2, 0) is 9.63 Å². The smallest absolute Gasteiger partial charge is 0.323 e. The first-order valence-corrected chi connectivity index (χ1v) is 10.2. The number of nitrogens with two attached hydrogens (primary N) is 1. The molecule has 1 heterocycles. The van der Waals surface area contributed by atoms with E-state index in [1.807, 2.05) is 6.92 Å². The third-order valence-electron chi connectivity index (χ3n) is 4.66. The average Bonchev–Trinajstić information content (AvgIpc) is 3.13. The van der Waals surface area contributed by atoms with Crippen molar-refractivity contribution in [3.8, 4) is 0 Å². The summed E-state index contributed by atoms with van der Waals surface area (Å²) >= 11 is 5.03. The molecule has 0 saturated carbocycles. The number of nitrogens with zero attached hydrogens (tertiary/aromatic N) is 1. The Labute approximate surface area is 189 Å². The Balaban J connectivity index is 1.70. The van der Waals surface area contributed by atoms with Crippen LogP contribution in [0.1, 0.15) is 18.9 Å². The number of carbonyl (C=O) groups is 2. The molecule has 32 heavy (non-hydrogen) atoms. The zero-order valence-electron chi connectivity index (χ0n) is 17.2. The maximum absolute atomic E-state index is 13.7. The van der Waals surface area contributed by atoms with Gasteiger partial charge in [-0.3, -0.25) is 14.7 Å². The van der Waals surface area contributed by atoms with Crippen LogP contribution in [0, 0.1) is 11.7 Å². The quantitative estimate of drug-likeness (QED) is 0.444. The van der Waals surface area contributed by atoms with Gasteiger partial charge in [0.05, 0.1) is 11.4 Å². The third-order valence-corrected chi connectivity index (χ3v) is 4.89. The molecular formula is C22H23FN4O4S. The number of thiocarbonyl (C=S) groups is 1. The van der Waals surface area contributed by atoms with Crippen LogP contribution in [0.5, 0.6) is 0 Å². The number of hydrogen-bond acceptors (Lipinski definition) is 5. The van der Waals surface area contributed by atoms with E-state index in [4.69, 9.17) is 27.9 Å². The molecule has 10 heteroatoms. The number of aliphatic carboxylic acids is 1. The minimum Gasteiger partial charge on any atom is -0.481 e. The molecule has 0 spiro atoms. The highest BCUT2D eigenvalue weighted by Crippen LogP contribution is 2.30. The third kappa shape index (κ3) is 6.02. The van der Waals surface area contributed by atoms with Crippen LogP contribution >= 0.6 is 12.2 Å². The monoisotopic (exact) mass is 458 g/mol. The largest absolute Gasteiger partial charge is 0.481 e. The first-order valence-electron chi connectivity index (χ1n) is 9.83. The van der Waals surface area contributed by atoms with Crippen LogP contribution in [0.25, 0.3) is 5.70 Å². The predicted octanol–water partition coefficient (Wildman–Crippen LogP) is 3.82. The number of halogens is 1. The average molecular weight is 459 g/mol. The van der Waals surface area contributed by atoms with Crippen molar-refractivity contribution < 1.29 is 23.9 Å². The van der Waals surface area contributed by atoms with E-state index in [1.165, 1.54) is 18.2 Å². The van der Waals surface area contributed by atoms with E-state index < -0.39 is 23.9 Å². The van der Waals surface area contributed by atoms with Crippen molar-refractivity contribution in [3.63, 3.8) is 0 Å². The molecule has 2 aromatic carbocycles. The molecule has 0 aromatic heterocycles. The number of carbonyl (C=O) groups excluding carboxylic acids is 1. The lowest BCUT2D eigenvalue weighted by atomic mass is 10.1. The molecule has 2 atom stereocenters. The maximum atomic E-state index is 13.7. The van der Waals surface area contributed by atoms with E-state index in [2.05, 4.69) is 10.6 Å². The topological polar surface area (TPSA) is 117 Å². The van der Waals surface area contributed by atoms with Gasteiger partial charge in [-0.25, -0.2) is 9.18 Å². The number of nitrogens with one attached hydrogen (secondary N) is 2. The van der Waals surface area contributed by atoms with Crippen molar-refractivity contribution in [3.05, 3.63) is 66.0 Å². The number of benzene rings is 2. The van der Waals surface area contributed by atoms with Gasteiger partial charge in [0.2, 0.25) is 0 Å². The van der Waals surface area contributed by atoms with Crippen LogP contribution in [0.3, 0.4) is 0 Å². The highest BCUT2D eigenvalue weighted by Gasteiger charge is 2.29. The Morgan fingerprint density at radius 3 is 2.53 bits per heavy atom. The van der Waals surface area contributed by atoms with E-state index in [0.717, 1.165) is 5.56 Å². The van der Waals surface area contributed by atoms with Gasteiger partial charge in [0.25, 0.3) is 0 Å². The molecule has 2 unspecified atom stereocenters. The van der Waals surface area contributed by atoms with Crippen molar-refractivity contribution in [2.24, 2.45) is 11.7 Å². The molecule has 168 valence electrons. The Morgan fingerprint density at radius 1 is 1.22 bits per heavy atom. The number of para-hydroxylation sites is 1. The van der Waals surface area contributed by atoms with E-state index in [1.54, 1.807) is 41.5 Å². The second-order valence-electron chi connectivity index (χ2n) is 7.38. The van der Waals surface area contributed by atoms with Crippen LogP contribution in [0.4, 0.5) is 20.6 Å². The van der Waals surface area contributed by atoms with Crippen LogP contribution in [-0.4, -0.2) is 39.8 Å². The maximum Gasteiger partial charge on any atom is 0.323 e. The van der Waals surface area contributed by atoms with Gasteiger partial charge >= 0.3 is 12.0 Å². The number of carboxylic acids is 1. The fraction of sp³-hybridized carbons (Fsp3) is 0.227. The van der Waals surface area contributed by atoms with Gasteiger partial charge in [-0.05, 0) is 36.3 Å². The molecule has 0 aliphatic carbocycles. The minimum absolute atomic E-state index is 0.00907. The molecule has 0 bridgehead atoms. The molecule has 2 amide bonds. The Hall–Kier alpha value is -3.50. The van der Waals surface area contributed by atoms with Gasteiger partial charge in [-0.15, -0.1) is 0 Å². The predicted molar refractivity (Wildman–Crippen MR) is 123 cm³/mol. The normalized spacial score (nSPS) is 16.2. The standard InChI is InChI=1S/C22H23FN4O4S/c1-13(10-20(28)29)12-27-18(11-19(31-27)21(24)32)14-6-8-15(9-7-14)25-22(30)26-17-5-3-2-4-16(17)23/h2-9,11,13,19H,10,12H2,1H3,(H2,24,32)(H,28,29)(H2,25,26,30). The number of hydrogen-bond donors (Lipinski definition) is 4. The molecule has 1 aliphatic rings. The molecule has 0 fully saturated rings. The van der Waals surface area contributed by atoms with Crippen molar-refractivity contribution in [2.45, 2.75) is 19.4 Å². The second-order valence-corrected chi connectivity index (χ2v) is 7.85. The van der Waals surface area contributed by atoms with Gasteiger partial charge < -0.3 is 21.5 Å². The van der Waals surface area contributed by atoms with Crippen LogP contribution in [0.15, 0.2) is 54.6 Å². The zero-order chi connectivity index (χ0) is 23.3. The molecule has 1 aliphatic heterocycles. The number of amides is 2. The lowest BCUT2D eigenvalue weighted by Gasteiger charge is -2.25. The Kier molecular flexibility index (Phi) is 7.39. The summed E-state index contributed by atoms with van der Waals surface area (Å²) in [5.74, 6) is -1.60. The summed E-state index contributed by atoms with van der Waals surface area (Å²) in [7, 11) is 0. The summed E-state index contributed by atoms with van der Waals surface area (Å²) in [6, 6.07) is 12.2. The van der Waals surface area contributed by atoms with Gasteiger partial charge in [0, 0.05) is 24.2 Å². The molecule has 0 saturated heterocycles. The molecule has 3 rings (SSSR count). The van der Waals surface area contributed by atoms with Gasteiger partial charge in [-0.2, -0.15) is 0 Å². The summed E-state index contributed by atoms with van der Waals surface area (Å²) in [6.45, 7) is 2.15. The van der Waals surface area contributed by atoms with E-state index in [9.17, 15) is 14.0 Å². The minimum atomic E-state index is -0.891. The number of carboxylic acid groups (broad SMARTS) is 1. The van der Waals surface area contributed by atoms with E-state index in [0.29, 0.717) is 17.9 Å². The van der Waals surface area contributed by atoms with Gasteiger partial charge in [0.15, 0.2) is 6.10 Å². The highest BCUT2D eigenvalue weighted by molar-refractivity contribution is 7.80. The molecular weight excluding hydrogens is 435 g/mol. The van der Waals surface area contributed by atoms with E-state index in [-0.39, 0.29) is 23.0 Å². The fourth-order valence-corrected chi connectivity index (χ4v) is 3.29. The lowest BCUT2D eigenvalue weighted by molar-refractivity contribution is -0.140. The number of rotatable bonds is 8. The van der Waals surface area contributed by atoms with Crippen LogP contribution in [0.2, 0.25) is 0 Å². The van der Waals surface area contributed by atoms with Crippen molar-refractivity contribution in [2.75, 3.05) is 17.2 Å². The molecule has 2 aromatic rings. The molecule has 5 N–H and O–H groups in total. The fourth-order valence-electron chi connectivity index (χ4n) is 3.18. The van der Waals surface area contributed by atoms with Gasteiger partial charge in [-0.1, -0.05) is 43.4 Å². The summed E-state index contributed by atoms with van der Waals surface area (Å²) < 4.78 is 13.7. The SMILES string of the molecule is CC(CC(=O)O)CN1OC(C(N)=S)C=C1c1ccc(NC(=O)Nc2ccccc2F)cc1. The second kappa shape index (κ2) is 10.2. The van der Waals surface area contributed by atoms with Crippen molar-refractivity contribution in [1.82, 2.24) is 5.06 Å². The summed E-state index contributed by atoms with van der Waals surface area (Å²) in [6.07, 6.45) is 1.16. The number of anilines is 2. The summed E-state index contributed by atoms with van der Waals surface area (Å²) in [5.41, 5.74) is 7.76. The first-order chi connectivity index (χ1) is 15.2. The summed E-state index contributed by atoms with van der Waals surface area (Å²) in [4.78, 5) is 29.1. The zero-order valence-corrected chi connectivity index (χ0v) is 18.1. The van der Waals surface area contributed by atoms with Crippen molar-refractivity contribution >= 4 is 46.3 Å². The van der Waals surface area contributed by atoms with Crippen molar-refractivity contribution in [1.29, 1.82) is 0 Å². The Bertz CT molecular complexity index is 1040. The van der Waals surface area contributed by atoms with E-state index >= 15 is 0 Å². The molecule has 8 nitrogen and oxygen atoms in total. The number of urea groups is 1. The Morgan fingerprint density at radius 2 is 1.91 bits per heavy atom. The first kappa shape index (κ1) is 23.2. The van der Waals surface area contributed by atoms with Crippen LogP contribution < -0.4 is 16.4 Å². The summed E-state index contributed by atoms with van der Waals surface area (Å²) in [5, 5.41) is 15.7.